The standard InChI is InChI=1S/C47H60O8Si/c1-44(2,3)56(38-19-12-8-13-20-38,39-21-14-9-15-22-39)54-28-16-23-40-42-47(33-53-45(4,5)55-42)27-26-46(40,32-51-43(48)36-17-10-7-11-18-36)30-41(47)50-31-35-24-25-37(29-35)52-34-49-6/h7-15,17-22,29-30,37,40,42H,16,23-28,31-34H2,1-6H3/t37-,40-,42-,46-,47-/m1/s1. The Hall–Kier alpha value is -3.57. The van der Waals surface area contributed by atoms with Crippen LogP contribution in [0.3, 0.4) is 0 Å². The molecular formula is C47H60O8Si. The number of fused-ring (bicyclic) bond motifs is 1. The van der Waals surface area contributed by atoms with E-state index >= 15 is 0 Å². The Morgan fingerprint density at radius 2 is 1.57 bits per heavy atom. The molecule has 9 heteroatoms. The fourth-order valence-electron chi connectivity index (χ4n) is 9.71. The van der Waals surface area contributed by atoms with Crippen molar-refractivity contribution < 1.29 is 37.6 Å². The lowest BCUT2D eigenvalue weighted by atomic mass is 9.49. The van der Waals surface area contributed by atoms with Crippen LogP contribution in [0.5, 0.6) is 0 Å². The van der Waals surface area contributed by atoms with E-state index in [-0.39, 0.29) is 42.5 Å². The maximum absolute atomic E-state index is 13.5. The van der Waals surface area contributed by atoms with E-state index in [1.165, 1.54) is 15.9 Å². The molecule has 56 heavy (non-hydrogen) atoms. The van der Waals surface area contributed by atoms with Gasteiger partial charge < -0.3 is 32.8 Å². The van der Waals surface area contributed by atoms with Crippen LogP contribution in [0.25, 0.3) is 0 Å². The predicted molar refractivity (Wildman–Crippen MR) is 220 cm³/mol. The summed E-state index contributed by atoms with van der Waals surface area (Å²) in [7, 11) is -1.08. The minimum absolute atomic E-state index is 0.0256. The first-order valence-electron chi connectivity index (χ1n) is 20.4. The van der Waals surface area contributed by atoms with Crippen LogP contribution in [-0.4, -0.2) is 72.6 Å². The Morgan fingerprint density at radius 3 is 2.21 bits per heavy atom. The topological polar surface area (TPSA) is 81.7 Å². The molecule has 8 nitrogen and oxygen atoms in total. The molecule has 300 valence electrons. The van der Waals surface area contributed by atoms with Gasteiger partial charge in [0.05, 0.1) is 29.8 Å². The van der Waals surface area contributed by atoms with E-state index < -0.39 is 24.9 Å². The normalized spacial score (nSPS) is 26.9. The molecule has 3 aromatic carbocycles. The quantitative estimate of drug-likeness (QED) is 0.0472. The van der Waals surface area contributed by atoms with Gasteiger partial charge in [0.25, 0.3) is 8.32 Å². The van der Waals surface area contributed by atoms with Crippen molar-refractivity contribution in [2.24, 2.45) is 16.7 Å². The number of rotatable bonds is 16. The molecule has 0 aromatic heterocycles. The van der Waals surface area contributed by atoms with E-state index in [0.29, 0.717) is 25.4 Å². The molecule has 1 spiro atoms. The summed E-state index contributed by atoms with van der Waals surface area (Å²) in [6, 6.07) is 30.9. The first-order chi connectivity index (χ1) is 26.9. The average molecular weight is 781 g/mol. The predicted octanol–water partition coefficient (Wildman–Crippen LogP) is 8.36. The number of esters is 1. The molecule has 1 saturated heterocycles. The van der Waals surface area contributed by atoms with Crippen molar-refractivity contribution in [3.63, 3.8) is 0 Å². The summed E-state index contributed by atoms with van der Waals surface area (Å²) < 4.78 is 44.9. The zero-order chi connectivity index (χ0) is 39.4. The molecule has 8 rings (SSSR count). The molecule has 1 aliphatic heterocycles. The Morgan fingerprint density at radius 1 is 0.911 bits per heavy atom. The lowest BCUT2D eigenvalue weighted by Gasteiger charge is -2.63. The van der Waals surface area contributed by atoms with E-state index in [1.807, 2.05) is 32.0 Å². The third-order valence-electron chi connectivity index (χ3n) is 12.5. The molecular weight excluding hydrogens is 721 g/mol. The van der Waals surface area contributed by atoms with E-state index in [4.69, 9.17) is 32.8 Å². The van der Waals surface area contributed by atoms with E-state index in [2.05, 4.69) is 93.6 Å². The van der Waals surface area contributed by atoms with Crippen LogP contribution in [0.4, 0.5) is 0 Å². The maximum atomic E-state index is 13.5. The Kier molecular flexibility index (Phi) is 12.1. The molecule has 3 aromatic rings. The van der Waals surface area contributed by atoms with Crippen LogP contribution in [0.2, 0.25) is 5.04 Å². The monoisotopic (exact) mass is 780 g/mol. The molecule has 0 N–H and O–H groups in total. The van der Waals surface area contributed by atoms with Crippen molar-refractivity contribution in [2.75, 3.05) is 40.3 Å². The van der Waals surface area contributed by atoms with Gasteiger partial charge in [-0.1, -0.05) is 106 Å². The molecule has 0 radical (unpaired) electrons. The van der Waals surface area contributed by atoms with Crippen LogP contribution in [-0.2, 0) is 32.8 Å². The van der Waals surface area contributed by atoms with Gasteiger partial charge in [-0.2, -0.15) is 0 Å². The lowest BCUT2D eigenvalue weighted by molar-refractivity contribution is -0.348. The van der Waals surface area contributed by atoms with E-state index in [1.54, 1.807) is 19.2 Å². The summed E-state index contributed by atoms with van der Waals surface area (Å²) in [5, 5.41) is 2.42. The number of hydrogen-bond acceptors (Lipinski definition) is 8. The SMILES string of the molecule is COCO[C@H]1C=C(COC2=C[C@@]3(COC(=O)c4ccccc4)CC[C@@]24COC(C)(C)O[C@@H]4[C@H]3CCCO[Si](c2ccccc2)(c2ccccc2)C(C)(C)C)CC1. The number of carbonyl (C=O) groups is 1. The van der Waals surface area contributed by atoms with Crippen molar-refractivity contribution in [2.45, 2.75) is 96.2 Å². The summed E-state index contributed by atoms with van der Waals surface area (Å²) in [4.78, 5) is 13.5. The zero-order valence-electron chi connectivity index (χ0n) is 34.1. The summed E-state index contributed by atoms with van der Waals surface area (Å²) in [5.74, 6) is -0.166. The highest BCUT2D eigenvalue weighted by molar-refractivity contribution is 6.99. The van der Waals surface area contributed by atoms with Gasteiger partial charge in [0.2, 0.25) is 0 Å². The van der Waals surface area contributed by atoms with E-state index in [0.717, 1.165) is 44.3 Å². The first kappa shape index (κ1) is 40.6. The largest absolute Gasteiger partial charge is 0.493 e. The van der Waals surface area contributed by atoms with Crippen LogP contribution in [0, 0.1) is 16.7 Å². The molecule has 1 heterocycles. The fourth-order valence-corrected chi connectivity index (χ4v) is 14.3. The highest BCUT2D eigenvalue weighted by Crippen LogP contribution is 2.63. The molecule has 5 aliphatic rings. The van der Waals surface area contributed by atoms with Crippen molar-refractivity contribution in [3.8, 4) is 0 Å². The van der Waals surface area contributed by atoms with Gasteiger partial charge in [-0.25, -0.2) is 4.79 Å². The number of carbonyl (C=O) groups excluding carboxylic acids is 1. The van der Waals surface area contributed by atoms with Crippen molar-refractivity contribution >= 4 is 24.7 Å². The third-order valence-corrected chi connectivity index (χ3v) is 17.6. The minimum atomic E-state index is -2.72. The molecule has 2 fully saturated rings. The molecule has 2 bridgehead atoms. The van der Waals surface area contributed by atoms with Gasteiger partial charge in [0.1, 0.15) is 25.8 Å². The Bertz CT molecular complexity index is 1800. The highest BCUT2D eigenvalue weighted by atomic mass is 28.4. The van der Waals surface area contributed by atoms with Crippen LogP contribution in [0.1, 0.15) is 83.5 Å². The summed E-state index contributed by atoms with van der Waals surface area (Å²) in [6.07, 6.45) is 9.40. The number of ether oxygens (including phenoxy) is 6. The number of methoxy groups -OCH3 is 1. The van der Waals surface area contributed by atoms with Crippen LogP contribution < -0.4 is 10.4 Å². The van der Waals surface area contributed by atoms with Gasteiger partial charge >= 0.3 is 5.97 Å². The number of benzene rings is 3. The Labute approximate surface area is 334 Å². The molecule has 5 atom stereocenters. The third kappa shape index (κ3) is 8.09. The fraction of sp³-hybridized carbons (Fsp3) is 0.511. The van der Waals surface area contributed by atoms with Crippen LogP contribution >= 0.6 is 0 Å². The van der Waals surface area contributed by atoms with Gasteiger partial charge in [-0.15, -0.1) is 0 Å². The van der Waals surface area contributed by atoms with Gasteiger partial charge in [-0.05, 0) is 97.5 Å². The smallest absolute Gasteiger partial charge is 0.338 e. The van der Waals surface area contributed by atoms with Crippen molar-refractivity contribution in [1.82, 2.24) is 0 Å². The average Bonchev–Trinajstić information content (AvgIpc) is 3.67. The second kappa shape index (κ2) is 16.7. The summed E-state index contributed by atoms with van der Waals surface area (Å²) in [6.45, 7) is 13.0. The second-order valence-electron chi connectivity index (χ2n) is 17.6. The van der Waals surface area contributed by atoms with Gasteiger partial charge in [-0.3, -0.25) is 0 Å². The van der Waals surface area contributed by atoms with Crippen LogP contribution in [0.15, 0.2) is 114 Å². The van der Waals surface area contributed by atoms with Crippen molar-refractivity contribution in [1.29, 1.82) is 0 Å². The molecule has 0 amide bonds. The Balaban J connectivity index is 1.19. The second-order valence-corrected chi connectivity index (χ2v) is 21.9. The van der Waals surface area contributed by atoms with Gasteiger partial charge in [0, 0.05) is 19.1 Å². The van der Waals surface area contributed by atoms with E-state index in [9.17, 15) is 4.79 Å². The molecule has 4 aliphatic carbocycles. The first-order valence-corrected chi connectivity index (χ1v) is 22.3. The molecule has 1 saturated carbocycles. The zero-order valence-corrected chi connectivity index (χ0v) is 35.1. The highest BCUT2D eigenvalue weighted by Gasteiger charge is 2.65. The molecule has 0 unspecified atom stereocenters. The lowest BCUT2D eigenvalue weighted by Crippen LogP contribution is -2.67. The minimum Gasteiger partial charge on any atom is -0.493 e. The van der Waals surface area contributed by atoms with Crippen molar-refractivity contribution in [3.05, 3.63) is 120 Å². The van der Waals surface area contributed by atoms with Gasteiger partial charge in [0.15, 0.2) is 5.79 Å². The number of hydrogen-bond donors (Lipinski definition) is 0. The summed E-state index contributed by atoms with van der Waals surface area (Å²) in [5.41, 5.74) is 0.809. The maximum Gasteiger partial charge on any atom is 0.338 e. The summed E-state index contributed by atoms with van der Waals surface area (Å²) >= 11 is 0.